The lowest BCUT2D eigenvalue weighted by atomic mass is 10.1. The number of carbonyl (C=O) groups excluding carboxylic acids is 2. The average Bonchev–Trinajstić information content (AvgIpc) is 3.39. The van der Waals surface area contributed by atoms with Crippen LogP contribution in [0.3, 0.4) is 0 Å². The maximum atomic E-state index is 12.7. The van der Waals surface area contributed by atoms with Gasteiger partial charge in [-0.2, -0.15) is 9.40 Å². The lowest BCUT2D eigenvalue weighted by Gasteiger charge is -2.15. The smallest absolute Gasteiger partial charge is 0.359 e. The molecular weight excluding hydrogens is 446 g/mol. The van der Waals surface area contributed by atoms with Crippen LogP contribution in [0.1, 0.15) is 40.6 Å². The second-order valence-electron chi connectivity index (χ2n) is 7.65. The van der Waals surface area contributed by atoms with Gasteiger partial charge < -0.3 is 4.74 Å². The number of hydrogen-bond donors (Lipinski definition) is 0. The van der Waals surface area contributed by atoms with E-state index in [0.29, 0.717) is 23.9 Å². The number of fused-ring (bicyclic) bond motifs is 1. The molecule has 0 bridgehead atoms. The molecule has 2 aromatic carbocycles. The molecule has 4 rings (SSSR count). The highest BCUT2D eigenvalue weighted by molar-refractivity contribution is 7.89. The number of esters is 1. The minimum atomic E-state index is -3.57. The first-order valence-corrected chi connectivity index (χ1v) is 12.1. The molecule has 0 amide bonds. The summed E-state index contributed by atoms with van der Waals surface area (Å²) in [4.78, 5) is 37.7. The number of aromatic nitrogens is 2. The van der Waals surface area contributed by atoms with E-state index in [0.717, 1.165) is 12.8 Å². The number of hydrogen-bond acceptors (Lipinski definition) is 7. The summed E-state index contributed by atoms with van der Waals surface area (Å²) in [5, 5.41) is 4.78. The standard InChI is InChI=1S/C23H23N3O6S/c1-2-26-22(28)19-8-4-3-7-18(19)21(24-26)23(29)32-15-20(27)16-9-11-17(12-10-16)33(30,31)25-13-5-6-14-25/h3-4,7-12H,2,5-6,13-15H2,1H3. The molecule has 0 N–H and O–H groups in total. The van der Waals surface area contributed by atoms with Crippen LogP contribution in [-0.2, 0) is 21.3 Å². The average molecular weight is 470 g/mol. The van der Waals surface area contributed by atoms with Gasteiger partial charge >= 0.3 is 5.97 Å². The maximum Gasteiger partial charge on any atom is 0.359 e. The minimum absolute atomic E-state index is 0.0492. The molecule has 0 radical (unpaired) electrons. The molecule has 1 aliphatic heterocycles. The molecule has 33 heavy (non-hydrogen) atoms. The van der Waals surface area contributed by atoms with Crippen LogP contribution in [0.5, 0.6) is 0 Å². The number of carbonyl (C=O) groups is 2. The van der Waals surface area contributed by atoms with E-state index in [1.54, 1.807) is 31.2 Å². The van der Waals surface area contributed by atoms with E-state index < -0.39 is 28.4 Å². The zero-order valence-corrected chi connectivity index (χ0v) is 18.9. The molecule has 1 aromatic heterocycles. The topological polar surface area (TPSA) is 116 Å². The highest BCUT2D eigenvalue weighted by atomic mass is 32.2. The second-order valence-corrected chi connectivity index (χ2v) is 9.59. The minimum Gasteiger partial charge on any atom is -0.452 e. The van der Waals surface area contributed by atoms with Crippen LogP contribution in [0.4, 0.5) is 0 Å². The summed E-state index contributed by atoms with van der Waals surface area (Å²) in [6.07, 6.45) is 1.67. The monoisotopic (exact) mass is 469 g/mol. The van der Waals surface area contributed by atoms with Gasteiger partial charge in [-0.15, -0.1) is 0 Å². The van der Waals surface area contributed by atoms with Gasteiger partial charge in [0.15, 0.2) is 18.1 Å². The van der Waals surface area contributed by atoms with Crippen molar-refractivity contribution < 1.29 is 22.7 Å². The number of benzene rings is 2. The fraction of sp³-hybridized carbons (Fsp3) is 0.304. The van der Waals surface area contributed by atoms with Gasteiger partial charge in [0.1, 0.15) is 0 Å². The fourth-order valence-corrected chi connectivity index (χ4v) is 5.29. The van der Waals surface area contributed by atoms with E-state index in [-0.39, 0.29) is 28.3 Å². The predicted molar refractivity (Wildman–Crippen MR) is 121 cm³/mol. The Bertz CT molecular complexity index is 1370. The summed E-state index contributed by atoms with van der Waals surface area (Å²) in [5.41, 5.74) is -0.142. The van der Waals surface area contributed by atoms with Crippen LogP contribution in [0.2, 0.25) is 0 Å². The second kappa shape index (κ2) is 9.24. The first-order valence-electron chi connectivity index (χ1n) is 10.6. The number of Topliss-reactive ketones (excluding diaryl/α,β-unsaturated/α-hetero) is 1. The van der Waals surface area contributed by atoms with Crippen molar-refractivity contribution >= 4 is 32.5 Å². The highest BCUT2D eigenvalue weighted by Gasteiger charge is 2.27. The Labute approximate surface area is 190 Å². The molecule has 172 valence electrons. The van der Waals surface area contributed by atoms with Crippen LogP contribution in [0.15, 0.2) is 58.2 Å². The number of ether oxygens (including phenoxy) is 1. The Morgan fingerprint density at radius 1 is 1.00 bits per heavy atom. The molecule has 1 saturated heterocycles. The van der Waals surface area contributed by atoms with Crippen molar-refractivity contribution in [3.05, 3.63) is 70.1 Å². The fourth-order valence-electron chi connectivity index (χ4n) is 3.77. The molecular formula is C23H23N3O6S. The van der Waals surface area contributed by atoms with E-state index in [1.807, 2.05) is 0 Å². The molecule has 0 atom stereocenters. The Balaban J connectivity index is 1.49. The van der Waals surface area contributed by atoms with Crippen molar-refractivity contribution in [3.8, 4) is 0 Å². The van der Waals surface area contributed by atoms with Crippen LogP contribution < -0.4 is 5.56 Å². The molecule has 1 aliphatic rings. The lowest BCUT2D eigenvalue weighted by Crippen LogP contribution is -2.27. The van der Waals surface area contributed by atoms with Crippen LogP contribution in [-0.4, -0.2) is 54.0 Å². The molecule has 10 heteroatoms. The number of aryl methyl sites for hydroxylation is 1. The Morgan fingerprint density at radius 3 is 2.27 bits per heavy atom. The summed E-state index contributed by atoms with van der Waals surface area (Å²) in [7, 11) is -3.57. The number of sulfonamides is 1. The molecule has 1 fully saturated rings. The van der Waals surface area contributed by atoms with Gasteiger partial charge in [-0.05, 0) is 50.1 Å². The van der Waals surface area contributed by atoms with Crippen molar-refractivity contribution in [2.24, 2.45) is 0 Å². The van der Waals surface area contributed by atoms with Crippen molar-refractivity contribution in [3.63, 3.8) is 0 Å². The zero-order valence-electron chi connectivity index (χ0n) is 18.1. The summed E-state index contributed by atoms with van der Waals surface area (Å²) < 4.78 is 33.0. The van der Waals surface area contributed by atoms with E-state index in [1.165, 1.54) is 33.3 Å². The maximum absolute atomic E-state index is 12.7. The Kier molecular flexibility index (Phi) is 6.39. The number of rotatable bonds is 7. The number of ketones is 1. The SMILES string of the molecule is CCn1nc(C(=O)OCC(=O)c2ccc(S(=O)(=O)N3CCCC3)cc2)c2ccccc2c1=O. The van der Waals surface area contributed by atoms with Crippen molar-refractivity contribution in [1.82, 2.24) is 14.1 Å². The van der Waals surface area contributed by atoms with Gasteiger partial charge in [0.25, 0.3) is 5.56 Å². The lowest BCUT2D eigenvalue weighted by molar-refractivity contribution is 0.0468. The normalized spacial score (nSPS) is 14.5. The quantitative estimate of drug-likeness (QED) is 0.385. The summed E-state index contributed by atoms with van der Waals surface area (Å²) >= 11 is 0. The molecule has 9 nitrogen and oxygen atoms in total. The molecule has 2 heterocycles. The van der Waals surface area contributed by atoms with Crippen LogP contribution in [0, 0.1) is 0 Å². The largest absolute Gasteiger partial charge is 0.452 e. The van der Waals surface area contributed by atoms with Crippen molar-refractivity contribution in [2.75, 3.05) is 19.7 Å². The van der Waals surface area contributed by atoms with E-state index in [9.17, 15) is 22.8 Å². The highest BCUT2D eigenvalue weighted by Crippen LogP contribution is 2.21. The van der Waals surface area contributed by atoms with Gasteiger partial charge in [0, 0.05) is 30.6 Å². The third-order valence-corrected chi connectivity index (χ3v) is 7.49. The molecule has 0 aliphatic carbocycles. The third-order valence-electron chi connectivity index (χ3n) is 5.57. The van der Waals surface area contributed by atoms with Crippen molar-refractivity contribution in [1.29, 1.82) is 0 Å². The third kappa shape index (κ3) is 4.44. The van der Waals surface area contributed by atoms with E-state index in [2.05, 4.69) is 5.10 Å². The van der Waals surface area contributed by atoms with Gasteiger partial charge in [-0.3, -0.25) is 9.59 Å². The Morgan fingerprint density at radius 2 is 1.64 bits per heavy atom. The van der Waals surface area contributed by atoms with Gasteiger partial charge in [0.2, 0.25) is 10.0 Å². The van der Waals surface area contributed by atoms with Gasteiger partial charge in [0.05, 0.1) is 10.3 Å². The molecule has 3 aromatic rings. The molecule has 0 spiro atoms. The van der Waals surface area contributed by atoms with Crippen molar-refractivity contribution in [2.45, 2.75) is 31.2 Å². The summed E-state index contributed by atoms with van der Waals surface area (Å²) in [6.45, 7) is 2.45. The van der Waals surface area contributed by atoms with Crippen LogP contribution >= 0.6 is 0 Å². The van der Waals surface area contributed by atoms with Gasteiger partial charge in [-0.1, -0.05) is 18.2 Å². The molecule has 0 unspecified atom stereocenters. The summed E-state index contributed by atoms with van der Waals surface area (Å²) in [5.74, 6) is -1.31. The predicted octanol–water partition coefficient (Wildman–Crippen LogP) is 2.24. The van der Waals surface area contributed by atoms with E-state index >= 15 is 0 Å². The number of nitrogens with zero attached hydrogens (tertiary/aromatic N) is 3. The van der Waals surface area contributed by atoms with Crippen LogP contribution in [0.25, 0.3) is 10.8 Å². The molecule has 0 saturated carbocycles. The van der Waals surface area contributed by atoms with Gasteiger partial charge in [-0.25, -0.2) is 17.9 Å². The first-order chi connectivity index (χ1) is 15.8. The van der Waals surface area contributed by atoms with E-state index in [4.69, 9.17) is 4.74 Å². The zero-order chi connectivity index (χ0) is 23.6. The summed E-state index contributed by atoms with van der Waals surface area (Å²) in [6, 6.07) is 12.2. The first kappa shape index (κ1) is 22.8. The Hall–Kier alpha value is -3.37.